The van der Waals surface area contributed by atoms with E-state index in [0.717, 1.165) is 18.0 Å². The van der Waals surface area contributed by atoms with Gasteiger partial charge in [-0.3, -0.25) is 4.90 Å². The van der Waals surface area contributed by atoms with Crippen LogP contribution in [0.15, 0.2) is 0 Å². The van der Waals surface area contributed by atoms with Crippen LogP contribution in [0.1, 0.15) is 58.3 Å². The van der Waals surface area contributed by atoms with E-state index in [1.165, 1.54) is 64.5 Å². The average molecular weight is 238 g/mol. The van der Waals surface area contributed by atoms with E-state index < -0.39 is 0 Å². The van der Waals surface area contributed by atoms with Gasteiger partial charge >= 0.3 is 0 Å². The van der Waals surface area contributed by atoms with Crippen molar-refractivity contribution in [2.75, 3.05) is 20.1 Å². The van der Waals surface area contributed by atoms with Crippen LogP contribution in [0.2, 0.25) is 0 Å². The lowest BCUT2D eigenvalue weighted by Crippen LogP contribution is -2.54. The molecule has 3 unspecified atom stereocenters. The molecule has 1 heterocycles. The summed E-state index contributed by atoms with van der Waals surface area (Å²) in [6, 6.07) is 1.71. The van der Waals surface area contributed by atoms with Gasteiger partial charge in [-0.15, -0.1) is 0 Å². The molecule has 1 aliphatic carbocycles. The first-order valence-corrected chi connectivity index (χ1v) is 7.77. The fourth-order valence-electron chi connectivity index (χ4n) is 4.07. The highest BCUT2D eigenvalue weighted by Gasteiger charge is 2.35. The van der Waals surface area contributed by atoms with E-state index >= 15 is 0 Å². The molecule has 1 saturated carbocycles. The van der Waals surface area contributed by atoms with Crippen LogP contribution >= 0.6 is 0 Å². The number of hydrogen-bond acceptors (Lipinski definition) is 2. The molecule has 0 aromatic rings. The van der Waals surface area contributed by atoms with E-state index in [1.807, 2.05) is 0 Å². The van der Waals surface area contributed by atoms with Gasteiger partial charge in [-0.2, -0.15) is 0 Å². The van der Waals surface area contributed by atoms with Crippen LogP contribution in [0, 0.1) is 5.92 Å². The van der Waals surface area contributed by atoms with Crippen molar-refractivity contribution in [3.05, 3.63) is 0 Å². The summed E-state index contributed by atoms with van der Waals surface area (Å²) in [6.07, 6.45) is 11.5. The monoisotopic (exact) mass is 238 g/mol. The second kappa shape index (κ2) is 6.75. The maximum atomic E-state index is 3.40. The van der Waals surface area contributed by atoms with E-state index in [0.29, 0.717) is 0 Å². The van der Waals surface area contributed by atoms with E-state index in [2.05, 4.69) is 24.2 Å². The maximum Gasteiger partial charge on any atom is 0.0223 e. The number of nitrogens with zero attached hydrogens (tertiary/aromatic N) is 1. The molecule has 1 N–H and O–H groups in total. The van der Waals surface area contributed by atoms with Gasteiger partial charge in [-0.05, 0) is 51.6 Å². The summed E-state index contributed by atoms with van der Waals surface area (Å²) in [7, 11) is 2.10. The Labute approximate surface area is 107 Å². The molecule has 2 nitrogen and oxygen atoms in total. The van der Waals surface area contributed by atoms with Gasteiger partial charge in [0.05, 0.1) is 0 Å². The normalized spacial score (nSPS) is 32.1. The zero-order valence-corrected chi connectivity index (χ0v) is 11.8. The number of likely N-dealkylation sites (tertiary alicyclic amines) is 1. The van der Waals surface area contributed by atoms with Crippen LogP contribution in [-0.4, -0.2) is 37.1 Å². The lowest BCUT2D eigenvalue weighted by atomic mass is 9.77. The third-order valence-corrected chi connectivity index (χ3v) is 4.82. The van der Waals surface area contributed by atoms with Crippen molar-refractivity contribution in [3.8, 4) is 0 Å². The Kier molecular flexibility index (Phi) is 5.30. The maximum absolute atomic E-state index is 3.40. The van der Waals surface area contributed by atoms with Crippen LogP contribution < -0.4 is 5.32 Å². The summed E-state index contributed by atoms with van der Waals surface area (Å²) in [4.78, 5) is 2.87. The number of likely N-dealkylation sites (N-methyl/N-ethyl adjacent to an activating group) is 1. The molecule has 0 radical (unpaired) electrons. The summed E-state index contributed by atoms with van der Waals surface area (Å²) in [5.74, 6) is 1.02. The molecule has 17 heavy (non-hydrogen) atoms. The summed E-state index contributed by atoms with van der Waals surface area (Å²) in [5.41, 5.74) is 0. The molecule has 3 atom stereocenters. The van der Waals surface area contributed by atoms with Crippen molar-refractivity contribution >= 4 is 0 Å². The molecule has 1 aliphatic heterocycles. The summed E-state index contributed by atoms with van der Waals surface area (Å²) in [5, 5.41) is 3.40. The Bertz CT molecular complexity index is 209. The molecular weight excluding hydrogens is 208 g/mol. The van der Waals surface area contributed by atoms with Crippen molar-refractivity contribution < 1.29 is 0 Å². The average Bonchev–Trinajstić information content (AvgIpc) is 2.38. The molecule has 0 bridgehead atoms. The first-order chi connectivity index (χ1) is 8.36. The second-order valence-electron chi connectivity index (χ2n) is 5.99. The fraction of sp³-hybridized carbons (Fsp3) is 1.00. The SMILES string of the molecule is CCCC(CNC)N1CCCC2CCCCC21. The number of nitrogens with one attached hydrogen (secondary N) is 1. The number of hydrogen-bond donors (Lipinski definition) is 1. The molecule has 100 valence electrons. The largest absolute Gasteiger partial charge is 0.318 e. The second-order valence-corrected chi connectivity index (χ2v) is 5.99. The van der Waals surface area contributed by atoms with Gasteiger partial charge in [0.1, 0.15) is 0 Å². The van der Waals surface area contributed by atoms with Gasteiger partial charge in [0, 0.05) is 18.6 Å². The van der Waals surface area contributed by atoms with Crippen molar-refractivity contribution in [2.45, 2.75) is 70.4 Å². The van der Waals surface area contributed by atoms with Crippen LogP contribution in [0.4, 0.5) is 0 Å². The first-order valence-electron chi connectivity index (χ1n) is 7.77. The highest BCUT2D eigenvalue weighted by Crippen LogP contribution is 2.36. The van der Waals surface area contributed by atoms with E-state index in [9.17, 15) is 0 Å². The number of rotatable bonds is 5. The molecule has 0 spiro atoms. The first kappa shape index (κ1) is 13.4. The number of piperidine rings is 1. The van der Waals surface area contributed by atoms with Gasteiger partial charge in [0.2, 0.25) is 0 Å². The lowest BCUT2D eigenvalue weighted by Gasteiger charge is -2.47. The molecule has 1 saturated heterocycles. The Morgan fingerprint density at radius 2 is 1.94 bits per heavy atom. The van der Waals surface area contributed by atoms with Crippen LogP contribution in [0.3, 0.4) is 0 Å². The zero-order valence-electron chi connectivity index (χ0n) is 11.8. The van der Waals surface area contributed by atoms with Crippen LogP contribution in [0.25, 0.3) is 0 Å². The van der Waals surface area contributed by atoms with Crippen LogP contribution in [0.5, 0.6) is 0 Å². The Morgan fingerprint density at radius 3 is 2.71 bits per heavy atom. The van der Waals surface area contributed by atoms with Gasteiger partial charge in [-0.1, -0.05) is 26.2 Å². The summed E-state index contributed by atoms with van der Waals surface area (Å²) >= 11 is 0. The third-order valence-electron chi connectivity index (χ3n) is 4.82. The van der Waals surface area contributed by atoms with Crippen molar-refractivity contribution in [1.82, 2.24) is 10.2 Å². The zero-order chi connectivity index (χ0) is 12.1. The van der Waals surface area contributed by atoms with Crippen molar-refractivity contribution in [3.63, 3.8) is 0 Å². The molecule has 2 fully saturated rings. The van der Waals surface area contributed by atoms with E-state index in [1.54, 1.807) is 0 Å². The van der Waals surface area contributed by atoms with Crippen molar-refractivity contribution in [1.29, 1.82) is 0 Å². The highest BCUT2D eigenvalue weighted by molar-refractivity contribution is 4.90. The molecule has 0 amide bonds. The quantitative estimate of drug-likeness (QED) is 0.792. The summed E-state index contributed by atoms with van der Waals surface area (Å²) < 4.78 is 0. The minimum atomic E-state index is 0.788. The van der Waals surface area contributed by atoms with Gasteiger partial charge in [-0.25, -0.2) is 0 Å². The smallest absolute Gasteiger partial charge is 0.0223 e. The van der Waals surface area contributed by atoms with Gasteiger partial charge < -0.3 is 5.32 Å². The third kappa shape index (κ3) is 3.23. The minimum absolute atomic E-state index is 0.788. The standard InChI is InChI=1S/C15H30N2/c1-3-7-14(12-16-2)17-11-6-9-13-8-4-5-10-15(13)17/h13-16H,3-12H2,1-2H3. The van der Waals surface area contributed by atoms with Gasteiger partial charge in [0.15, 0.2) is 0 Å². The fourth-order valence-corrected chi connectivity index (χ4v) is 4.07. The molecule has 2 heteroatoms. The van der Waals surface area contributed by atoms with Gasteiger partial charge in [0.25, 0.3) is 0 Å². The Hall–Kier alpha value is -0.0800. The van der Waals surface area contributed by atoms with E-state index in [4.69, 9.17) is 0 Å². The molecule has 2 rings (SSSR count). The predicted octanol–water partition coefficient (Wildman–Crippen LogP) is 3.03. The Morgan fingerprint density at radius 1 is 1.18 bits per heavy atom. The Balaban J connectivity index is 1.99. The van der Waals surface area contributed by atoms with E-state index in [-0.39, 0.29) is 0 Å². The van der Waals surface area contributed by atoms with Crippen LogP contribution in [-0.2, 0) is 0 Å². The van der Waals surface area contributed by atoms with Crippen molar-refractivity contribution in [2.24, 2.45) is 5.92 Å². The predicted molar refractivity (Wildman–Crippen MR) is 74.3 cm³/mol. The number of fused-ring (bicyclic) bond motifs is 1. The lowest BCUT2D eigenvalue weighted by molar-refractivity contribution is 0.0231. The molecule has 2 aliphatic rings. The molecule has 0 aromatic carbocycles. The highest BCUT2D eigenvalue weighted by atomic mass is 15.2. The topological polar surface area (TPSA) is 15.3 Å². The molecule has 0 aromatic heterocycles. The molecular formula is C15H30N2. The minimum Gasteiger partial charge on any atom is -0.318 e. The summed E-state index contributed by atoms with van der Waals surface area (Å²) in [6.45, 7) is 4.86.